The van der Waals surface area contributed by atoms with E-state index in [1.165, 1.54) is 5.69 Å². The van der Waals surface area contributed by atoms with Gasteiger partial charge in [0, 0.05) is 37.3 Å². The van der Waals surface area contributed by atoms with Crippen LogP contribution in [0, 0.1) is 11.3 Å². The van der Waals surface area contributed by atoms with E-state index >= 15 is 0 Å². The molecule has 5 nitrogen and oxygen atoms in total. The molecule has 0 aromatic heterocycles. The molecule has 1 saturated carbocycles. The van der Waals surface area contributed by atoms with Crippen LogP contribution in [0.4, 0.5) is 10.5 Å². The number of carbonyl (C=O) groups is 1. The average molecular weight is 303 g/mol. The summed E-state index contributed by atoms with van der Waals surface area (Å²) in [6, 6.07) is 10.3. The maximum Gasteiger partial charge on any atom is 0.314 e. The number of urea groups is 1. The number of aliphatic hydroxyl groups excluding tert-OH is 1. The summed E-state index contributed by atoms with van der Waals surface area (Å²) in [7, 11) is 0. The van der Waals surface area contributed by atoms with Crippen molar-refractivity contribution in [3.05, 3.63) is 30.3 Å². The first kappa shape index (κ1) is 15.2. The number of nitrogens with one attached hydrogen (secondary N) is 2. The Morgan fingerprint density at radius 2 is 2.05 bits per heavy atom. The highest BCUT2D eigenvalue weighted by molar-refractivity contribution is 5.73. The maximum atomic E-state index is 11.8. The molecular formula is C17H25N3O2. The smallest absolute Gasteiger partial charge is 0.314 e. The second-order valence-electron chi connectivity index (χ2n) is 6.66. The Morgan fingerprint density at radius 1 is 1.27 bits per heavy atom. The van der Waals surface area contributed by atoms with Crippen molar-refractivity contribution in [2.45, 2.75) is 19.3 Å². The number of hydrogen-bond donors (Lipinski definition) is 3. The Labute approximate surface area is 131 Å². The lowest BCUT2D eigenvalue weighted by atomic mass is 10.1. The molecule has 1 aliphatic heterocycles. The van der Waals surface area contributed by atoms with Gasteiger partial charge in [-0.05, 0) is 37.3 Å². The Morgan fingerprint density at radius 3 is 2.73 bits per heavy atom. The molecule has 1 unspecified atom stereocenters. The van der Waals surface area contributed by atoms with Crippen molar-refractivity contribution in [1.29, 1.82) is 0 Å². The molecule has 1 heterocycles. The van der Waals surface area contributed by atoms with Crippen LogP contribution in [0.25, 0.3) is 0 Å². The summed E-state index contributed by atoms with van der Waals surface area (Å²) < 4.78 is 0. The number of carbonyl (C=O) groups excluding carboxylic acids is 1. The van der Waals surface area contributed by atoms with Crippen molar-refractivity contribution in [3.63, 3.8) is 0 Å². The Bertz CT molecular complexity index is 502. The lowest BCUT2D eigenvalue weighted by molar-refractivity contribution is 0.202. The molecule has 3 rings (SSSR count). The average Bonchev–Trinajstić information content (AvgIpc) is 3.20. The number of rotatable bonds is 6. The van der Waals surface area contributed by atoms with Gasteiger partial charge in [0.05, 0.1) is 6.61 Å². The van der Waals surface area contributed by atoms with Crippen molar-refractivity contribution in [2.24, 2.45) is 11.3 Å². The first-order valence-electron chi connectivity index (χ1n) is 8.13. The summed E-state index contributed by atoms with van der Waals surface area (Å²) >= 11 is 0. The van der Waals surface area contributed by atoms with Gasteiger partial charge in [-0.3, -0.25) is 0 Å². The molecule has 1 aromatic rings. The monoisotopic (exact) mass is 303 g/mol. The van der Waals surface area contributed by atoms with E-state index in [-0.39, 0.29) is 18.1 Å². The number of benzene rings is 1. The third-order valence-electron chi connectivity index (χ3n) is 4.87. The fourth-order valence-corrected chi connectivity index (χ4v) is 3.01. The van der Waals surface area contributed by atoms with Gasteiger partial charge in [-0.1, -0.05) is 18.2 Å². The molecule has 22 heavy (non-hydrogen) atoms. The zero-order valence-electron chi connectivity index (χ0n) is 12.9. The Hall–Kier alpha value is -1.75. The normalized spacial score (nSPS) is 22.4. The standard InChI is InChI=1S/C17H25N3O2/c21-13-17(7-8-17)12-19-16(22)18-10-14-6-9-20(11-14)15-4-2-1-3-5-15/h1-5,14,21H,6-13H2,(H2,18,19,22). The molecule has 3 N–H and O–H groups in total. The van der Waals surface area contributed by atoms with Gasteiger partial charge in [0.15, 0.2) is 0 Å². The fraction of sp³-hybridized carbons (Fsp3) is 0.588. The third kappa shape index (κ3) is 3.71. The van der Waals surface area contributed by atoms with E-state index in [0.29, 0.717) is 19.0 Å². The lowest BCUT2D eigenvalue weighted by Crippen LogP contribution is -2.41. The molecule has 120 valence electrons. The number of nitrogens with zero attached hydrogens (tertiary/aromatic N) is 1. The molecule has 1 atom stereocenters. The number of aliphatic hydroxyl groups is 1. The zero-order chi connectivity index (χ0) is 15.4. The Balaban J connectivity index is 1.37. The van der Waals surface area contributed by atoms with Crippen molar-refractivity contribution in [2.75, 3.05) is 37.7 Å². The van der Waals surface area contributed by atoms with Crippen LogP contribution < -0.4 is 15.5 Å². The molecule has 2 aliphatic rings. The summed E-state index contributed by atoms with van der Waals surface area (Å²) in [5.74, 6) is 0.499. The van der Waals surface area contributed by atoms with Crippen molar-refractivity contribution in [1.82, 2.24) is 10.6 Å². The molecule has 5 heteroatoms. The van der Waals surface area contributed by atoms with Crippen molar-refractivity contribution in [3.8, 4) is 0 Å². The van der Waals surface area contributed by atoms with E-state index in [9.17, 15) is 9.90 Å². The molecule has 0 bridgehead atoms. The third-order valence-corrected chi connectivity index (χ3v) is 4.87. The number of anilines is 1. The molecule has 0 radical (unpaired) electrons. The van der Waals surface area contributed by atoms with Crippen LogP contribution in [-0.2, 0) is 0 Å². The van der Waals surface area contributed by atoms with E-state index in [1.807, 2.05) is 6.07 Å². The van der Waals surface area contributed by atoms with Crippen LogP contribution in [-0.4, -0.2) is 43.9 Å². The number of hydrogen-bond acceptors (Lipinski definition) is 3. The van der Waals surface area contributed by atoms with Crippen LogP contribution in [0.3, 0.4) is 0 Å². The molecule has 2 fully saturated rings. The number of para-hydroxylation sites is 1. The largest absolute Gasteiger partial charge is 0.396 e. The predicted molar refractivity (Wildman–Crippen MR) is 86.9 cm³/mol. The van der Waals surface area contributed by atoms with Gasteiger partial charge in [0.1, 0.15) is 0 Å². The van der Waals surface area contributed by atoms with Gasteiger partial charge >= 0.3 is 6.03 Å². The highest BCUT2D eigenvalue weighted by atomic mass is 16.3. The van der Waals surface area contributed by atoms with Crippen LogP contribution in [0.1, 0.15) is 19.3 Å². The minimum atomic E-state index is -0.113. The highest BCUT2D eigenvalue weighted by Crippen LogP contribution is 2.44. The van der Waals surface area contributed by atoms with Gasteiger partial charge in [-0.25, -0.2) is 4.79 Å². The highest BCUT2D eigenvalue weighted by Gasteiger charge is 2.42. The summed E-state index contributed by atoms with van der Waals surface area (Å²) in [5.41, 5.74) is 1.22. The predicted octanol–water partition coefficient (Wildman–Crippen LogP) is 1.58. The van der Waals surface area contributed by atoms with E-state index in [4.69, 9.17) is 0 Å². The summed E-state index contributed by atoms with van der Waals surface area (Å²) in [6.45, 7) is 3.50. The second kappa shape index (κ2) is 6.57. The molecule has 0 spiro atoms. The minimum absolute atomic E-state index is 0.0329. The summed E-state index contributed by atoms with van der Waals surface area (Å²) in [6.07, 6.45) is 3.13. The SMILES string of the molecule is O=C(NCC1CCN(c2ccccc2)C1)NCC1(CO)CC1. The van der Waals surface area contributed by atoms with Gasteiger partial charge in [0.2, 0.25) is 0 Å². The van der Waals surface area contributed by atoms with Crippen LogP contribution >= 0.6 is 0 Å². The first-order chi connectivity index (χ1) is 10.7. The van der Waals surface area contributed by atoms with Crippen LogP contribution in [0.2, 0.25) is 0 Å². The molecule has 2 amide bonds. The van der Waals surface area contributed by atoms with Gasteiger partial charge in [0.25, 0.3) is 0 Å². The van der Waals surface area contributed by atoms with E-state index in [1.54, 1.807) is 0 Å². The lowest BCUT2D eigenvalue weighted by Gasteiger charge is -2.19. The van der Waals surface area contributed by atoms with E-state index in [0.717, 1.165) is 32.4 Å². The summed E-state index contributed by atoms with van der Waals surface area (Å²) in [5, 5.41) is 15.1. The minimum Gasteiger partial charge on any atom is -0.396 e. The maximum absolute atomic E-state index is 11.8. The van der Waals surface area contributed by atoms with E-state index in [2.05, 4.69) is 39.8 Å². The van der Waals surface area contributed by atoms with Gasteiger partial charge in [-0.15, -0.1) is 0 Å². The summed E-state index contributed by atoms with van der Waals surface area (Å²) in [4.78, 5) is 14.2. The molecule has 1 aromatic carbocycles. The Kier molecular flexibility index (Phi) is 4.52. The van der Waals surface area contributed by atoms with E-state index < -0.39 is 0 Å². The van der Waals surface area contributed by atoms with Gasteiger partial charge in [-0.2, -0.15) is 0 Å². The topological polar surface area (TPSA) is 64.6 Å². The van der Waals surface area contributed by atoms with Crippen molar-refractivity contribution < 1.29 is 9.90 Å². The molecule has 1 aliphatic carbocycles. The zero-order valence-corrected chi connectivity index (χ0v) is 12.9. The molecular weight excluding hydrogens is 278 g/mol. The molecule has 1 saturated heterocycles. The number of amides is 2. The van der Waals surface area contributed by atoms with Gasteiger partial charge < -0.3 is 20.6 Å². The van der Waals surface area contributed by atoms with Crippen LogP contribution in [0.5, 0.6) is 0 Å². The van der Waals surface area contributed by atoms with Crippen molar-refractivity contribution >= 4 is 11.7 Å². The first-order valence-corrected chi connectivity index (χ1v) is 8.13. The second-order valence-corrected chi connectivity index (χ2v) is 6.66. The fourth-order valence-electron chi connectivity index (χ4n) is 3.01. The van der Waals surface area contributed by atoms with Crippen LogP contribution in [0.15, 0.2) is 30.3 Å². The quantitative estimate of drug-likeness (QED) is 0.748.